The number of nitrogens with zero attached hydrogens (tertiary/aromatic N) is 1. The fourth-order valence-electron chi connectivity index (χ4n) is 6.59. The third-order valence-electron chi connectivity index (χ3n) is 8.95. The molecule has 0 spiro atoms. The molecular formula is C34H50N2O5S. The predicted octanol–water partition coefficient (Wildman–Crippen LogP) is 6.63. The van der Waals surface area contributed by atoms with Gasteiger partial charge in [-0.2, -0.15) is 0 Å². The number of aliphatic carboxylic acids is 1. The lowest BCUT2D eigenvalue weighted by atomic mass is 9.83. The highest BCUT2D eigenvalue weighted by molar-refractivity contribution is 7.90. The average molecular weight is 599 g/mol. The molecule has 2 aliphatic carbocycles. The molecule has 2 fully saturated rings. The van der Waals surface area contributed by atoms with E-state index in [0.29, 0.717) is 11.6 Å². The van der Waals surface area contributed by atoms with Crippen LogP contribution in [0.1, 0.15) is 101 Å². The van der Waals surface area contributed by atoms with Crippen molar-refractivity contribution in [1.29, 1.82) is 0 Å². The Morgan fingerprint density at radius 1 is 1.05 bits per heavy atom. The minimum absolute atomic E-state index is 0. The van der Waals surface area contributed by atoms with E-state index in [1.54, 1.807) is 6.07 Å². The van der Waals surface area contributed by atoms with Gasteiger partial charge in [0.05, 0.1) is 5.75 Å². The molecular weight excluding hydrogens is 548 g/mol. The third kappa shape index (κ3) is 8.66. The second-order valence-corrected chi connectivity index (χ2v) is 14.9. The van der Waals surface area contributed by atoms with Crippen LogP contribution in [-0.4, -0.2) is 59.9 Å². The summed E-state index contributed by atoms with van der Waals surface area (Å²) in [6.45, 7) is 7.33. The molecule has 0 aromatic heterocycles. The van der Waals surface area contributed by atoms with Gasteiger partial charge in [0.25, 0.3) is 5.91 Å². The molecule has 2 aliphatic rings. The minimum Gasteiger partial charge on any atom is -0.480 e. The number of carboxylic acids is 1. The van der Waals surface area contributed by atoms with Gasteiger partial charge in [0, 0.05) is 29.9 Å². The van der Waals surface area contributed by atoms with E-state index in [2.05, 4.69) is 30.1 Å². The van der Waals surface area contributed by atoms with E-state index in [4.69, 9.17) is 0 Å². The summed E-state index contributed by atoms with van der Waals surface area (Å²) >= 11 is 0. The molecule has 7 nitrogen and oxygen atoms in total. The first-order chi connectivity index (χ1) is 19.4. The first-order valence-electron chi connectivity index (χ1n) is 15.1. The lowest BCUT2D eigenvalue weighted by molar-refractivity contribution is -0.139. The summed E-state index contributed by atoms with van der Waals surface area (Å²) in [5, 5.41) is 12.3. The Kier molecular flexibility index (Phi) is 11.4. The number of hydrogen-bond donors (Lipinski definition) is 2. The topological polar surface area (TPSA) is 104 Å². The Labute approximate surface area is 253 Å². The zero-order valence-electron chi connectivity index (χ0n) is 25.0. The standard InChI is InChI=1S/C33H46N2O5S.CH4/c1-23(2)35(33(17-18-33)21-25-11-6-5-7-12-25)22-26-14-15-28(29(20-26)27-13-9-8-10-24(27)3)31(36)34-30(32(37)38)16-19-41(4,39)40;/h8-10,13-15,20,23,25,30H,5-7,11-12,16-19,21-22H2,1-4H3,(H,34,36)(H,37,38);1H4/t30-;/m0./s1. The first kappa shape index (κ1) is 33.8. The van der Waals surface area contributed by atoms with Crippen molar-refractivity contribution in [3.8, 4) is 11.1 Å². The van der Waals surface area contributed by atoms with E-state index in [1.165, 1.54) is 51.4 Å². The maximum atomic E-state index is 13.5. The Balaban J connectivity index is 0.00000484. The molecule has 0 radical (unpaired) electrons. The van der Waals surface area contributed by atoms with Gasteiger partial charge in [-0.15, -0.1) is 0 Å². The lowest BCUT2D eigenvalue weighted by Crippen LogP contribution is -2.43. The number of amides is 1. The Bertz CT molecular complexity index is 1340. The second kappa shape index (κ2) is 14.2. The van der Waals surface area contributed by atoms with Gasteiger partial charge in [0.15, 0.2) is 0 Å². The molecule has 232 valence electrons. The van der Waals surface area contributed by atoms with Gasteiger partial charge in [0.2, 0.25) is 0 Å². The quantitative estimate of drug-likeness (QED) is 0.268. The number of carboxylic acid groups (broad SMARTS) is 1. The molecule has 1 amide bonds. The highest BCUT2D eigenvalue weighted by Crippen LogP contribution is 2.50. The van der Waals surface area contributed by atoms with Gasteiger partial charge in [0.1, 0.15) is 15.9 Å². The summed E-state index contributed by atoms with van der Waals surface area (Å²) in [4.78, 5) is 28.0. The molecule has 0 aliphatic heterocycles. The normalized spacial score (nSPS) is 17.5. The number of carbonyl (C=O) groups excluding carboxylic acids is 1. The molecule has 1 atom stereocenters. The van der Waals surface area contributed by atoms with E-state index in [0.717, 1.165) is 41.0 Å². The van der Waals surface area contributed by atoms with Crippen LogP contribution in [-0.2, 0) is 21.2 Å². The number of sulfone groups is 1. The third-order valence-corrected chi connectivity index (χ3v) is 9.93. The second-order valence-electron chi connectivity index (χ2n) is 12.6. The van der Waals surface area contributed by atoms with Gasteiger partial charge >= 0.3 is 5.97 Å². The smallest absolute Gasteiger partial charge is 0.326 e. The van der Waals surface area contributed by atoms with Crippen LogP contribution < -0.4 is 5.32 Å². The van der Waals surface area contributed by atoms with Crippen LogP contribution in [0.15, 0.2) is 42.5 Å². The number of nitrogens with one attached hydrogen (secondary N) is 1. The van der Waals surface area contributed by atoms with Gasteiger partial charge in [-0.3, -0.25) is 9.69 Å². The van der Waals surface area contributed by atoms with Crippen molar-refractivity contribution in [2.75, 3.05) is 12.0 Å². The van der Waals surface area contributed by atoms with Crippen molar-refractivity contribution in [2.24, 2.45) is 5.92 Å². The van der Waals surface area contributed by atoms with Crippen LogP contribution in [0.4, 0.5) is 0 Å². The molecule has 2 saturated carbocycles. The van der Waals surface area contributed by atoms with Crippen LogP contribution >= 0.6 is 0 Å². The van der Waals surface area contributed by atoms with Crippen molar-refractivity contribution in [3.63, 3.8) is 0 Å². The molecule has 0 saturated heterocycles. The van der Waals surface area contributed by atoms with Crippen LogP contribution in [0.5, 0.6) is 0 Å². The summed E-state index contributed by atoms with van der Waals surface area (Å²) in [5.74, 6) is -1.28. The van der Waals surface area contributed by atoms with E-state index in [1.807, 2.05) is 37.3 Å². The summed E-state index contributed by atoms with van der Waals surface area (Å²) in [5.41, 5.74) is 4.45. The maximum absolute atomic E-state index is 13.5. The number of hydrogen-bond acceptors (Lipinski definition) is 5. The number of carbonyl (C=O) groups is 2. The van der Waals surface area contributed by atoms with Gasteiger partial charge in [-0.25, -0.2) is 13.2 Å². The van der Waals surface area contributed by atoms with Crippen molar-refractivity contribution in [3.05, 3.63) is 59.2 Å². The fraction of sp³-hybridized carbons (Fsp3) is 0.588. The number of rotatable bonds is 13. The van der Waals surface area contributed by atoms with E-state index < -0.39 is 27.8 Å². The Morgan fingerprint density at radius 2 is 1.71 bits per heavy atom. The summed E-state index contributed by atoms with van der Waals surface area (Å²) in [7, 11) is -3.37. The Morgan fingerprint density at radius 3 is 2.29 bits per heavy atom. The molecule has 42 heavy (non-hydrogen) atoms. The van der Waals surface area contributed by atoms with Crippen LogP contribution in [0.3, 0.4) is 0 Å². The predicted molar refractivity (Wildman–Crippen MR) is 170 cm³/mol. The first-order valence-corrected chi connectivity index (χ1v) is 17.1. The van der Waals surface area contributed by atoms with E-state index >= 15 is 0 Å². The Hall–Kier alpha value is -2.71. The van der Waals surface area contributed by atoms with Crippen molar-refractivity contribution >= 4 is 21.7 Å². The summed E-state index contributed by atoms with van der Waals surface area (Å²) in [6, 6.07) is 12.8. The van der Waals surface area contributed by atoms with Crippen molar-refractivity contribution in [2.45, 2.75) is 110 Å². The maximum Gasteiger partial charge on any atom is 0.326 e. The largest absolute Gasteiger partial charge is 0.480 e. The monoisotopic (exact) mass is 598 g/mol. The zero-order valence-corrected chi connectivity index (χ0v) is 25.8. The zero-order chi connectivity index (χ0) is 29.8. The molecule has 0 heterocycles. The van der Waals surface area contributed by atoms with E-state index in [-0.39, 0.29) is 25.1 Å². The lowest BCUT2D eigenvalue weighted by Gasteiger charge is -2.38. The molecule has 2 aromatic rings. The van der Waals surface area contributed by atoms with Gasteiger partial charge in [-0.05, 0) is 86.8 Å². The molecule has 0 bridgehead atoms. The molecule has 8 heteroatoms. The fourth-order valence-corrected chi connectivity index (χ4v) is 7.25. The number of aryl methyl sites for hydroxylation is 1. The van der Waals surface area contributed by atoms with Crippen LogP contribution in [0.25, 0.3) is 11.1 Å². The van der Waals surface area contributed by atoms with Gasteiger partial charge in [-0.1, -0.05) is 69.9 Å². The van der Waals surface area contributed by atoms with Crippen LogP contribution in [0.2, 0.25) is 0 Å². The van der Waals surface area contributed by atoms with Crippen molar-refractivity contribution < 1.29 is 23.1 Å². The number of benzene rings is 2. The summed E-state index contributed by atoms with van der Waals surface area (Å²) in [6.07, 6.45) is 11.4. The highest BCUT2D eigenvalue weighted by atomic mass is 32.2. The highest BCUT2D eigenvalue weighted by Gasteiger charge is 2.49. The van der Waals surface area contributed by atoms with E-state index in [9.17, 15) is 23.1 Å². The van der Waals surface area contributed by atoms with Crippen LogP contribution in [0, 0.1) is 12.8 Å². The molecule has 0 unspecified atom stereocenters. The van der Waals surface area contributed by atoms with Crippen molar-refractivity contribution in [1.82, 2.24) is 10.2 Å². The molecule has 4 rings (SSSR count). The average Bonchev–Trinajstić information content (AvgIpc) is 3.69. The van der Waals surface area contributed by atoms with Gasteiger partial charge < -0.3 is 10.4 Å². The SMILES string of the molecule is C.Cc1ccccc1-c1cc(CN(C(C)C)C2(CC3CCCCC3)CC2)ccc1C(=O)N[C@@H](CCS(C)(=O)=O)C(=O)O. The molecule has 2 N–H and O–H groups in total. The summed E-state index contributed by atoms with van der Waals surface area (Å²) < 4.78 is 23.3. The molecule has 2 aromatic carbocycles. The minimum atomic E-state index is -3.37.